The van der Waals surface area contributed by atoms with Gasteiger partial charge >= 0.3 is 19.2 Å². The highest BCUT2D eigenvalue weighted by molar-refractivity contribution is 6.60. The zero-order chi connectivity index (χ0) is 22.2. The van der Waals surface area contributed by atoms with E-state index in [4.69, 9.17) is 9.47 Å². The smallest absolute Gasteiger partial charge is 0.449 e. The number of rotatable bonds is 3. The Balaban J connectivity index is 1.69. The van der Waals surface area contributed by atoms with Gasteiger partial charge in [0.1, 0.15) is 12.2 Å². The SMILES string of the molecule is CC(C)(C)OC(=O)N1CCC2(CN(C(=O)OCc3ccccc3)CC2[B-](F)(F)F)C1. The van der Waals surface area contributed by atoms with Crippen molar-refractivity contribution in [2.24, 2.45) is 5.41 Å². The van der Waals surface area contributed by atoms with Crippen LogP contribution in [-0.2, 0) is 16.1 Å². The monoisotopic (exact) mass is 427 g/mol. The van der Waals surface area contributed by atoms with Gasteiger partial charge in [0.25, 0.3) is 0 Å². The van der Waals surface area contributed by atoms with E-state index in [1.807, 2.05) is 6.07 Å². The Labute approximate surface area is 174 Å². The van der Waals surface area contributed by atoms with Gasteiger partial charge in [-0.05, 0) is 44.0 Å². The van der Waals surface area contributed by atoms with E-state index >= 15 is 0 Å². The van der Waals surface area contributed by atoms with Crippen LogP contribution >= 0.6 is 0 Å². The van der Waals surface area contributed by atoms with Crippen LogP contribution in [0, 0.1) is 5.41 Å². The summed E-state index contributed by atoms with van der Waals surface area (Å²) in [6, 6.07) is 8.95. The van der Waals surface area contributed by atoms with Crippen LogP contribution < -0.4 is 0 Å². The lowest BCUT2D eigenvalue weighted by Gasteiger charge is -2.36. The van der Waals surface area contributed by atoms with Crippen LogP contribution in [0.25, 0.3) is 0 Å². The number of likely N-dealkylation sites (tertiary alicyclic amines) is 2. The van der Waals surface area contributed by atoms with E-state index in [-0.39, 0.29) is 32.7 Å². The van der Waals surface area contributed by atoms with Crippen LogP contribution in [0.3, 0.4) is 0 Å². The molecule has 2 aliphatic rings. The summed E-state index contributed by atoms with van der Waals surface area (Å²) in [5.74, 6) is -1.66. The molecule has 2 saturated heterocycles. The molecule has 0 saturated carbocycles. The highest BCUT2D eigenvalue weighted by atomic mass is 19.4. The van der Waals surface area contributed by atoms with Crippen molar-refractivity contribution in [2.75, 3.05) is 26.2 Å². The first-order valence-electron chi connectivity index (χ1n) is 10.0. The molecule has 2 heterocycles. The predicted molar refractivity (Wildman–Crippen MR) is 106 cm³/mol. The number of hydrogen-bond donors (Lipinski definition) is 0. The van der Waals surface area contributed by atoms with Gasteiger partial charge < -0.3 is 32.2 Å². The van der Waals surface area contributed by atoms with Crippen molar-refractivity contribution in [2.45, 2.75) is 45.2 Å². The summed E-state index contributed by atoms with van der Waals surface area (Å²) >= 11 is 0. The average Bonchev–Trinajstić information content (AvgIpc) is 3.24. The molecule has 2 unspecified atom stereocenters. The van der Waals surface area contributed by atoms with Crippen LogP contribution in [0.1, 0.15) is 32.8 Å². The maximum Gasteiger partial charge on any atom is 0.483 e. The van der Waals surface area contributed by atoms with E-state index in [0.29, 0.717) is 0 Å². The van der Waals surface area contributed by atoms with Crippen LogP contribution in [0.2, 0.25) is 5.82 Å². The third-order valence-corrected chi connectivity index (χ3v) is 5.67. The van der Waals surface area contributed by atoms with Crippen LogP contribution in [-0.4, -0.2) is 60.7 Å². The molecule has 0 radical (unpaired) electrons. The van der Waals surface area contributed by atoms with Crippen molar-refractivity contribution in [3.8, 4) is 0 Å². The standard InChI is InChI=1S/C20H27BF3N2O4/c1-19(2,3)30-18(28)25-10-9-20(13-25)14-26(11-16(20)21(22,23)24)17(27)29-12-15-7-5-4-6-8-15/h4-8,16H,9-14H2,1-3H3/q-1. The van der Waals surface area contributed by atoms with Gasteiger partial charge in [-0.25, -0.2) is 9.59 Å². The van der Waals surface area contributed by atoms with E-state index in [2.05, 4.69) is 0 Å². The number of halogens is 3. The Morgan fingerprint density at radius 1 is 1.10 bits per heavy atom. The summed E-state index contributed by atoms with van der Waals surface area (Å²) in [6.07, 6.45) is -1.23. The van der Waals surface area contributed by atoms with E-state index in [9.17, 15) is 22.5 Å². The quantitative estimate of drug-likeness (QED) is 0.668. The summed E-state index contributed by atoms with van der Waals surface area (Å²) in [4.78, 5) is 27.3. The normalized spacial score (nSPS) is 24.4. The van der Waals surface area contributed by atoms with Gasteiger partial charge in [-0.1, -0.05) is 30.3 Å². The molecule has 3 rings (SSSR count). The van der Waals surface area contributed by atoms with Gasteiger partial charge in [-0.3, -0.25) is 0 Å². The van der Waals surface area contributed by atoms with Gasteiger partial charge in [0, 0.05) is 26.2 Å². The first kappa shape index (κ1) is 22.3. The molecule has 6 nitrogen and oxygen atoms in total. The maximum atomic E-state index is 13.9. The second-order valence-corrected chi connectivity index (χ2v) is 9.17. The van der Waals surface area contributed by atoms with Gasteiger partial charge in [-0.2, -0.15) is 0 Å². The molecule has 0 aromatic heterocycles. The third-order valence-electron chi connectivity index (χ3n) is 5.67. The number of hydrogen-bond acceptors (Lipinski definition) is 4. The molecule has 10 heteroatoms. The number of carbonyl (C=O) groups excluding carboxylic acids is 2. The lowest BCUT2D eigenvalue weighted by molar-refractivity contribution is 0.0272. The van der Waals surface area contributed by atoms with E-state index in [1.54, 1.807) is 45.0 Å². The minimum atomic E-state index is -5.20. The lowest BCUT2D eigenvalue weighted by Crippen LogP contribution is -2.42. The Morgan fingerprint density at radius 3 is 2.33 bits per heavy atom. The van der Waals surface area contributed by atoms with Crippen molar-refractivity contribution in [1.82, 2.24) is 9.80 Å². The first-order chi connectivity index (χ1) is 13.9. The zero-order valence-electron chi connectivity index (χ0n) is 17.4. The van der Waals surface area contributed by atoms with Gasteiger partial charge in [-0.15, -0.1) is 0 Å². The predicted octanol–water partition coefficient (Wildman–Crippen LogP) is 4.48. The van der Waals surface area contributed by atoms with Gasteiger partial charge in [0.05, 0.1) is 0 Å². The van der Waals surface area contributed by atoms with Gasteiger partial charge in [0.15, 0.2) is 0 Å². The summed E-state index contributed by atoms with van der Waals surface area (Å²) < 4.78 is 52.2. The number of amides is 2. The maximum absolute atomic E-state index is 13.9. The number of ether oxygens (including phenoxy) is 2. The molecule has 0 bridgehead atoms. The van der Waals surface area contributed by atoms with Crippen LogP contribution in [0.15, 0.2) is 30.3 Å². The molecule has 2 fully saturated rings. The highest BCUT2D eigenvalue weighted by Crippen LogP contribution is 2.53. The Bertz CT molecular complexity index is 784. The second kappa shape index (κ2) is 8.04. The Hall–Kier alpha value is -2.39. The van der Waals surface area contributed by atoms with Crippen molar-refractivity contribution in [3.05, 3.63) is 35.9 Å². The van der Waals surface area contributed by atoms with Crippen LogP contribution in [0.4, 0.5) is 22.5 Å². The summed E-state index contributed by atoms with van der Waals surface area (Å²) in [7, 11) is 0. The topological polar surface area (TPSA) is 59.1 Å². The highest BCUT2D eigenvalue weighted by Gasteiger charge is 2.58. The molecular formula is C20H27BF3N2O4-. The first-order valence-corrected chi connectivity index (χ1v) is 10.0. The number of benzene rings is 1. The molecule has 2 atom stereocenters. The average molecular weight is 427 g/mol. The summed E-state index contributed by atoms with van der Waals surface area (Å²) in [5, 5.41) is 0. The second-order valence-electron chi connectivity index (χ2n) is 9.17. The fraction of sp³-hybridized carbons (Fsp3) is 0.600. The van der Waals surface area contributed by atoms with Gasteiger partial charge in [0.2, 0.25) is 0 Å². The molecule has 0 aliphatic carbocycles. The van der Waals surface area contributed by atoms with E-state index in [0.717, 1.165) is 10.5 Å². The Kier molecular flexibility index (Phi) is 5.97. The van der Waals surface area contributed by atoms with Crippen LogP contribution in [0.5, 0.6) is 0 Å². The fourth-order valence-electron chi connectivity index (χ4n) is 4.27. The van der Waals surface area contributed by atoms with Crippen molar-refractivity contribution >= 4 is 19.2 Å². The molecule has 0 N–H and O–H groups in total. The summed E-state index contributed by atoms with van der Waals surface area (Å²) in [6.45, 7) is -0.539. The van der Waals surface area contributed by atoms with E-state index in [1.165, 1.54) is 4.90 Å². The van der Waals surface area contributed by atoms with Crippen molar-refractivity contribution in [1.29, 1.82) is 0 Å². The molecule has 30 heavy (non-hydrogen) atoms. The molecule has 166 valence electrons. The number of carbonyl (C=O) groups is 2. The van der Waals surface area contributed by atoms with E-state index < -0.39 is 42.5 Å². The minimum Gasteiger partial charge on any atom is -0.449 e. The largest absolute Gasteiger partial charge is 0.483 e. The van der Waals surface area contributed by atoms with Crippen molar-refractivity contribution in [3.63, 3.8) is 0 Å². The lowest BCUT2D eigenvalue weighted by atomic mass is 9.59. The Morgan fingerprint density at radius 2 is 1.73 bits per heavy atom. The zero-order valence-corrected chi connectivity index (χ0v) is 17.4. The molecule has 1 spiro atoms. The van der Waals surface area contributed by atoms with Crippen molar-refractivity contribution < 1.29 is 32.0 Å². The minimum absolute atomic E-state index is 0.00493. The molecular weight excluding hydrogens is 400 g/mol. The number of nitrogens with zero attached hydrogens (tertiary/aromatic N) is 2. The molecule has 2 amide bonds. The third kappa shape index (κ3) is 5.02. The molecule has 1 aromatic rings. The molecule has 2 aliphatic heterocycles. The summed E-state index contributed by atoms with van der Waals surface area (Å²) in [5.41, 5.74) is -1.20. The molecule has 1 aromatic carbocycles. The fourth-order valence-corrected chi connectivity index (χ4v) is 4.27.